The van der Waals surface area contributed by atoms with Crippen LogP contribution in [-0.4, -0.2) is 48.1 Å². The Morgan fingerprint density at radius 3 is 2.76 bits per heavy atom. The summed E-state index contributed by atoms with van der Waals surface area (Å²) in [7, 11) is 3.44. The Bertz CT molecular complexity index is 476. The Balaban J connectivity index is 1.96. The molecule has 1 aliphatic carbocycles. The monoisotopic (exact) mass is 291 g/mol. The molecule has 1 amide bonds. The van der Waals surface area contributed by atoms with Crippen molar-refractivity contribution < 1.29 is 9.90 Å². The zero-order valence-corrected chi connectivity index (χ0v) is 12.9. The van der Waals surface area contributed by atoms with E-state index in [1.54, 1.807) is 26.4 Å². The van der Waals surface area contributed by atoms with Crippen molar-refractivity contribution in [1.29, 1.82) is 0 Å². The van der Waals surface area contributed by atoms with Crippen LogP contribution in [0.1, 0.15) is 36.2 Å². The third-order valence-corrected chi connectivity index (χ3v) is 4.25. The van der Waals surface area contributed by atoms with Crippen molar-refractivity contribution in [3.05, 3.63) is 24.0 Å². The summed E-state index contributed by atoms with van der Waals surface area (Å²) >= 11 is 0. The quantitative estimate of drug-likeness (QED) is 0.871. The van der Waals surface area contributed by atoms with E-state index in [1.165, 1.54) is 17.7 Å². The number of aliphatic hydroxyl groups is 1. The molecule has 0 aromatic carbocycles. The molecule has 116 valence electrons. The standard InChI is InChI=1S/C16H25N3O2/c1-19(2)16(21)15-9-14(7-8-17-15)18-10-12-5-3-4-6-13(12)11-20/h7-9,12-13,20H,3-6,10-11H2,1-2H3,(H,17,18). The second kappa shape index (κ2) is 7.41. The van der Waals surface area contributed by atoms with Crippen LogP contribution >= 0.6 is 0 Å². The number of aromatic nitrogens is 1. The lowest BCUT2D eigenvalue weighted by atomic mass is 9.79. The van der Waals surface area contributed by atoms with Gasteiger partial charge in [-0.2, -0.15) is 0 Å². The van der Waals surface area contributed by atoms with Crippen molar-refractivity contribution in [2.75, 3.05) is 32.6 Å². The van der Waals surface area contributed by atoms with Gasteiger partial charge in [-0.05, 0) is 36.8 Å². The number of carbonyl (C=O) groups is 1. The minimum Gasteiger partial charge on any atom is -0.396 e. The average molecular weight is 291 g/mol. The Morgan fingerprint density at radius 1 is 1.38 bits per heavy atom. The summed E-state index contributed by atoms with van der Waals surface area (Å²) in [6.07, 6.45) is 6.39. The van der Waals surface area contributed by atoms with Gasteiger partial charge in [-0.15, -0.1) is 0 Å². The Labute approximate surface area is 126 Å². The van der Waals surface area contributed by atoms with Gasteiger partial charge in [-0.3, -0.25) is 9.78 Å². The predicted molar refractivity (Wildman–Crippen MR) is 83.3 cm³/mol. The van der Waals surface area contributed by atoms with Crippen LogP contribution in [0.25, 0.3) is 0 Å². The van der Waals surface area contributed by atoms with E-state index in [2.05, 4.69) is 10.3 Å². The predicted octanol–water partition coefficient (Wildman–Crippen LogP) is 1.99. The Hall–Kier alpha value is -1.62. The van der Waals surface area contributed by atoms with Crippen molar-refractivity contribution in [3.8, 4) is 0 Å². The first-order valence-electron chi connectivity index (χ1n) is 7.64. The number of anilines is 1. The lowest BCUT2D eigenvalue weighted by molar-refractivity contribution is 0.0822. The third kappa shape index (κ3) is 4.17. The Morgan fingerprint density at radius 2 is 2.10 bits per heavy atom. The van der Waals surface area contributed by atoms with Gasteiger partial charge in [0.15, 0.2) is 0 Å². The first-order chi connectivity index (χ1) is 10.1. The van der Waals surface area contributed by atoms with E-state index in [4.69, 9.17) is 0 Å². The number of pyridine rings is 1. The lowest BCUT2D eigenvalue weighted by Gasteiger charge is -2.30. The fourth-order valence-electron chi connectivity index (χ4n) is 2.93. The number of rotatable bonds is 5. The van der Waals surface area contributed by atoms with Crippen LogP contribution in [0.4, 0.5) is 5.69 Å². The molecule has 0 bridgehead atoms. The molecule has 2 rings (SSSR count). The molecule has 2 N–H and O–H groups in total. The summed E-state index contributed by atoms with van der Waals surface area (Å²) in [5.74, 6) is 0.811. The van der Waals surface area contributed by atoms with Crippen LogP contribution in [0.3, 0.4) is 0 Å². The summed E-state index contributed by atoms with van der Waals surface area (Å²) < 4.78 is 0. The van der Waals surface area contributed by atoms with Crippen LogP contribution < -0.4 is 5.32 Å². The molecule has 1 aromatic heterocycles. The molecule has 1 aliphatic rings. The molecule has 0 aliphatic heterocycles. The molecule has 1 aromatic rings. The van der Waals surface area contributed by atoms with Crippen LogP contribution in [0, 0.1) is 11.8 Å². The first-order valence-corrected chi connectivity index (χ1v) is 7.64. The van der Waals surface area contributed by atoms with Crippen molar-refractivity contribution in [1.82, 2.24) is 9.88 Å². The van der Waals surface area contributed by atoms with Gasteiger partial charge in [-0.25, -0.2) is 0 Å². The molecule has 5 nitrogen and oxygen atoms in total. The second-order valence-electron chi connectivity index (χ2n) is 6.00. The van der Waals surface area contributed by atoms with E-state index >= 15 is 0 Å². The molecule has 0 spiro atoms. The van der Waals surface area contributed by atoms with E-state index < -0.39 is 0 Å². The van der Waals surface area contributed by atoms with E-state index in [0.29, 0.717) is 17.5 Å². The number of nitrogens with zero attached hydrogens (tertiary/aromatic N) is 2. The summed E-state index contributed by atoms with van der Waals surface area (Å²) in [5.41, 5.74) is 1.37. The molecular formula is C16H25N3O2. The van der Waals surface area contributed by atoms with Crippen LogP contribution in [0.5, 0.6) is 0 Å². The highest BCUT2D eigenvalue weighted by molar-refractivity contribution is 5.92. The summed E-state index contributed by atoms with van der Waals surface area (Å²) in [4.78, 5) is 17.5. The van der Waals surface area contributed by atoms with Crippen LogP contribution in [0.2, 0.25) is 0 Å². The average Bonchev–Trinajstić information content (AvgIpc) is 2.52. The molecule has 1 fully saturated rings. The molecule has 0 radical (unpaired) electrons. The number of carbonyl (C=O) groups excluding carboxylic acids is 1. The maximum atomic E-state index is 11.9. The van der Waals surface area contributed by atoms with Crippen molar-refractivity contribution >= 4 is 11.6 Å². The zero-order valence-electron chi connectivity index (χ0n) is 12.9. The third-order valence-electron chi connectivity index (χ3n) is 4.25. The fraction of sp³-hybridized carbons (Fsp3) is 0.625. The first kappa shape index (κ1) is 15.8. The highest BCUT2D eigenvalue weighted by atomic mass is 16.3. The maximum Gasteiger partial charge on any atom is 0.272 e. The number of nitrogens with one attached hydrogen (secondary N) is 1. The van der Waals surface area contributed by atoms with Gasteiger partial charge in [0, 0.05) is 39.1 Å². The molecule has 2 unspecified atom stereocenters. The van der Waals surface area contributed by atoms with E-state index in [-0.39, 0.29) is 12.5 Å². The van der Waals surface area contributed by atoms with E-state index in [9.17, 15) is 9.90 Å². The summed E-state index contributed by atoms with van der Waals surface area (Å²) in [6, 6.07) is 3.67. The van der Waals surface area contributed by atoms with Gasteiger partial charge in [-0.1, -0.05) is 12.8 Å². The van der Waals surface area contributed by atoms with Gasteiger partial charge in [0.2, 0.25) is 0 Å². The summed E-state index contributed by atoms with van der Waals surface area (Å²) in [5, 5.41) is 12.8. The number of aliphatic hydroxyl groups excluding tert-OH is 1. The minimum absolute atomic E-state index is 0.0930. The molecule has 1 heterocycles. The van der Waals surface area contributed by atoms with E-state index in [0.717, 1.165) is 25.1 Å². The van der Waals surface area contributed by atoms with Crippen LogP contribution in [0.15, 0.2) is 18.3 Å². The van der Waals surface area contributed by atoms with Gasteiger partial charge >= 0.3 is 0 Å². The summed E-state index contributed by atoms with van der Waals surface area (Å²) in [6.45, 7) is 1.11. The highest BCUT2D eigenvalue weighted by Crippen LogP contribution is 2.29. The smallest absolute Gasteiger partial charge is 0.272 e. The van der Waals surface area contributed by atoms with Crippen LogP contribution in [-0.2, 0) is 0 Å². The van der Waals surface area contributed by atoms with Gasteiger partial charge in [0.05, 0.1) is 0 Å². The SMILES string of the molecule is CN(C)C(=O)c1cc(NCC2CCCCC2CO)ccn1. The maximum absolute atomic E-state index is 11.9. The highest BCUT2D eigenvalue weighted by Gasteiger charge is 2.24. The number of hydrogen-bond donors (Lipinski definition) is 2. The number of hydrogen-bond acceptors (Lipinski definition) is 4. The fourth-order valence-corrected chi connectivity index (χ4v) is 2.93. The zero-order chi connectivity index (χ0) is 15.2. The van der Waals surface area contributed by atoms with Gasteiger partial charge in [0.1, 0.15) is 5.69 Å². The van der Waals surface area contributed by atoms with Crippen molar-refractivity contribution in [2.45, 2.75) is 25.7 Å². The molecular weight excluding hydrogens is 266 g/mol. The largest absolute Gasteiger partial charge is 0.396 e. The lowest BCUT2D eigenvalue weighted by Crippen LogP contribution is -2.28. The van der Waals surface area contributed by atoms with Crippen molar-refractivity contribution in [2.24, 2.45) is 11.8 Å². The number of amides is 1. The van der Waals surface area contributed by atoms with E-state index in [1.807, 2.05) is 6.07 Å². The molecule has 2 atom stereocenters. The molecule has 0 saturated heterocycles. The van der Waals surface area contributed by atoms with Gasteiger partial charge < -0.3 is 15.3 Å². The topological polar surface area (TPSA) is 65.5 Å². The second-order valence-corrected chi connectivity index (χ2v) is 6.00. The van der Waals surface area contributed by atoms with Gasteiger partial charge in [0.25, 0.3) is 5.91 Å². The van der Waals surface area contributed by atoms with Crippen molar-refractivity contribution in [3.63, 3.8) is 0 Å². The minimum atomic E-state index is -0.0930. The molecule has 5 heteroatoms. The normalized spacial score (nSPS) is 21.9. The molecule has 21 heavy (non-hydrogen) atoms. The molecule has 1 saturated carbocycles. The Kier molecular flexibility index (Phi) is 5.56.